The van der Waals surface area contributed by atoms with Gasteiger partial charge in [-0.05, 0) is 38.0 Å². The van der Waals surface area contributed by atoms with Gasteiger partial charge in [0.05, 0.1) is 22.5 Å². The van der Waals surface area contributed by atoms with Crippen LogP contribution in [-0.2, 0) is 14.4 Å². The van der Waals surface area contributed by atoms with Gasteiger partial charge in [-0.15, -0.1) is 0 Å². The molecule has 1 N–H and O–H groups in total. The summed E-state index contributed by atoms with van der Waals surface area (Å²) in [5.41, 5.74) is 0.230. The van der Waals surface area contributed by atoms with E-state index in [0.29, 0.717) is 12.8 Å². The first-order chi connectivity index (χ1) is 11.4. The van der Waals surface area contributed by atoms with Gasteiger partial charge in [0.1, 0.15) is 11.9 Å². The van der Waals surface area contributed by atoms with Gasteiger partial charge in [-0.1, -0.05) is 23.8 Å². The summed E-state index contributed by atoms with van der Waals surface area (Å²) in [5, 5.41) is 2.59. The van der Waals surface area contributed by atoms with Crippen LogP contribution in [0.4, 0.5) is 10.1 Å². The van der Waals surface area contributed by atoms with Gasteiger partial charge in [0.15, 0.2) is 0 Å². The minimum absolute atomic E-state index is 0.0486. The zero-order chi connectivity index (χ0) is 17.4. The Morgan fingerprint density at radius 3 is 2.38 bits per heavy atom. The van der Waals surface area contributed by atoms with E-state index in [-0.39, 0.29) is 34.4 Å². The number of anilines is 1. The minimum atomic E-state index is -0.961. The number of hydrogen-bond donors (Lipinski definition) is 1. The van der Waals surface area contributed by atoms with E-state index in [0.717, 1.165) is 11.0 Å². The topological polar surface area (TPSA) is 66.5 Å². The first kappa shape index (κ1) is 16.6. The van der Waals surface area contributed by atoms with Gasteiger partial charge in [-0.3, -0.25) is 19.3 Å². The number of nitrogens with one attached hydrogen (secondary N) is 1. The molecule has 1 aliphatic carbocycles. The lowest BCUT2D eigenvalue weighted by Crippen LogP contribution is -2.46. The Balaban J connectivity index is 1.76. The molecule has 7 heteroatoms. The van der Waals surface area contributed by atoms with E-state index in [9.17, 15) is 18.8 Å². The van der Waals surface area contributed by atoms with Crippen LogP contribution in [0.3, 0.4) is 0 Å². The number of halogens is 2. The van der Waals surface area contributed by atoms with Crippen LogP contribution in [0.1, 0.15) is 19.8 Å². The molecule has 1 heterocycles. The van der Waals surface area contributed by atoms with Gasteiger partial charge in [0, 0.05) is 0 Å². The second kappa shape index (κ2) is 6.36. The molecule has 3 rings (SSSR count). The lowest BCUT2D eigenvalue weighted by atomic mass is 9.85. The van der Waals surface area contributed by atoms with Crippen molar-refractivity contribution in [3.8, 4) is 0 Å². The van der Waals surface area contributed by atoms with Crippen LogP contribution in [0, 0.1) is 17.7 Å². The molecule has 0 saturated carbocycles. The van der Waals surface area contributed by atoms with Gasteiger partial charge in [0.25, 0.3) is 0 Å². The summed E-state index contributed by atoms with van der Waals surface area (Å²) in [6.45, 7) is 1.49. The second-order valence-electron chi connectivity index (χ2n) is 5.99. The van der Waals surface area contributed by atoms with Crippen LogP contribution >= 0.6 is 11.6 Å². The van der Waals surface area contributed by atoms with E-state index in [2.05, 4.69) is 5.32 Å². The Hall–Kier alpha value is -2.21. The predicted octanol–water partition coefficient (Wildman–Crippen LogP) is 2.76. The van der Waals surface area contributed by atoms with Gasteiger partial charge in [0.2, 0.25) is 17.7 Å². The average molecular weight is 351 g/mol. The van der Waals surface area contributed by atoms with E-state index < -0.39 is 17.8 Å². The maximum atomic E-state index is 13.1. The van der Waals surface area contributed by atoms with E-state index >= 15 is 0 Å². The molecule has 0 aromatic heterocycles. The highest BCUT2D eigenvalue weighted by Crippen LogP contribution is 2.36. The van der Waals surface area contributed by atoms with E-state index in [1.807, 2.05) is 12.2 Å². The van der Waals surface area contributed by atoms with Crippen molar-refractivity contribution in [3.05, 3.63) is 41.2 Å². The third kappa shape index (κ3) is 2.82. The maximum Gasteiger partial charge on any atom is 0.247 e. The van der Waals surface area contributed by atoms with Crippen molar-refractivity contribution in [1.82, 2.24) is 4.90 Å². The smallest absolute Gasteiger partial charge is 0.247 e. The highest BCUT2D eigenvalue weighted by Gasteiger charge is 2.50. The first-order valence-corrected chi connectivity index (χ1v) is 8.05. The van der Waals surface area contributed by atoms with Gasteiger partial charge in [-0.25, -0.2) is 4.39 Å². The number of benzene rings is 1. The fourth-order valence-electron chi connectivity index (χ4n) is 3.15. The molecule has 1 saturated heterocycles. The van der Waals surface area contributed by atoms with Crippen molar-refractivity contribution in [3.63, 3.8) is 0 Å². The molecule has 1 aromatic carbocycles. The number of rotatable bonds is 3. The molecule has 126 valence electrons. The zero-order valence-corrected chi connectivity index (χ0v) is 13.7. The fraction of sp³-hybridized carbons (Fsp3) is 0.353. The standard InChI is InChI=1S/C17H16ClFN2O3/c1-9(15(22)20-14-7-6-10(19)8-13(14)18)21-16(23)11-4-2-3-5-12(11)17(21)24/h2-3,6-9,11-12H,4-5H2,1H3,(H,20,22)/t9-,11-,12-/m0/s1. The lowest BCUT2D eigenvalue weighted by Gasteiger charge is -2.22. The summed E-state index contributed by atoms with van der Waals surface area (Å²) in [4.78, 5) is 38.4. The molecule has 0 radical (unpaired) electrons. The quantitative estimate of drug-likeness (QED) is 0.673. The molecule has 5 nitrogen and oxygen atoms in total. The van der Waals surface area contributed by atoms with Crippen LogP contribution in [0.5, 0.6) is 0 Å². The highest BCUT2D eigenvalue weighted by molar-refractivity contribution is 6.33. The van der Waals surface area contributed by atoms with E-state index in [1.54, 1.807) is 0 Å². The SMILES string of the molecule is C[C@@H](C(=O)Nc1ccc(F)cc1Cl)N1C(=O)[C@H]2CC=CC[C@@H]2C1=O. The van der Waals surface area contributed by atoms with Crippen molar-refractivity contribution < 1.29 is 18.8 Å². The van der Waals surface area contributed by atoms with Crippen molar-refractivity contribution in [2.75, 3.05) is 5.32 Å². The number of nitrogens with zero attached hydrogens (tertiary/aromatic N) is 1. The number of fused-ring (bicyclic) bond motifs is 1. The van der Waals surface area contributed by atoms with Gasteiger partial charge < -0.3 is 5.32 Å². The van der Waals surface area contributed by atoms with Crippen molar-refractivity contribution in [1.29, 1.82) is 0 Å². The number of likely N-dealkylation sites (tertiary alicyclic amines) is 1. The van der Waals surface area contributed by atoms with Crippen molar-refractivity contribution >= 4 is 35.0 Å². The molecule has 0 bridgehead atoms. The van der Waals surface area contributed by atoms with Crippen LogP contribution in [0.15, 0.2) is 30.4 Å². The third-order valence-electron chi connectivity index (χ3n) is 4.50. The Morgan fingerprint density at radius 1 is 1.25 bits per heavy atom. The monoisotopic (exact) mass is 350 g/mol. The highest BCUT2D eigenvalue weighted by atomic mass is 35.5. The molecule has 24 heavy (non-hydrogen) atoms. The number of carbonyl (C=O) groups is 3. The Morgan fingerprint density at radius 2 is 1.83 bits per heavy atom. The third-order valence-corrected chi connectivity index (χ3v) is 4.81. The van der Waals surface area contributed by atoms with Crippen LogP contribution < -0.4 is 5.32 Å². The van der Waals surface area contributed by atoms with Crippen molar-refractivity contribution in [2.45, 2.75) is 25.8 Å². The normalized spacial score (nSPS) is 24.0. The number of hydrogen-bond acceptors (Lipinski definition) is 3. The summed E-state index contributed by atoms with van der Waals surface area (Å²) in [6.07, 6.45) is 4.81. The van der Waals surface area contributed by atoms with E-state index in [4.69, 9.17) is 11.6 Å². The fourth-order valence-corrected chi connectivity index (χ4v) is 3.37. The molecule has 3 amide bonds. The number of imide groups is 1. The first-order valence-electron chi connectivity index (χ1n) is 7.68. The number of amides is 3. The van der Waals surface area contributed by atoms with Crippen LogP contribution in [0.2, 0.25) is 5.02 Å². The molecule has 1 aliphatic heterocycles. The zero-order valence-electron chi connectivity index (χ0n) is 13.0. The van der Waals surface area contributed by atoms with Gasteiger partial charge in [-0.2, -0.15) is 0 Å². The molecule has 0 spiro atoms. The minimum Gasteiger partial charge on any atom is -0.323 e. The largest absolute Gasteiger partial charge is 0.323 e. The summed E-state index contributed by atoms with van der Waals surface area (Å²) in [7, 11) is 0. The Labute approximate surface area is 143 Å². The summed E-state index contributed by atoms with van der Waals surface area (Å²) >= 11 is 5.88. The molecule has 1 fully saturated rings. The molecule has 0 unspecified atom stereocenters. The average Bonchev–Trinajstić information content (AvgIpc) is 2.81. The summed E-state index contributed by atoms with van der Waals surface area (Å²) in [6, 6.07) is 2.61. The summed E-state index contributed by atoms with van der Waals surface area (Å²) < 4.78 is 13.1. The van der Waals surface area contributed by atoms with Crippen LogP contribution in [-0.4, -0.2) is 28.7 Å². The molecule has 2 aliphatic rings. The van der Waals surface area contributed by atoms with E-state index in [1.165, 1.54) is 19.1 Å². The predicted molar refractivity (Wildman–Crippen MR) is 86.7 cm³/mol. The lowest BCUT2D eigenvalue weighted by molar-refractivity contribution is -0.146. The summed E-state index contributed by atoms with van der Waals surface area (Å²) in [5.74, 6) is -2.46. The molecule has 3 atom stereocenters. The van der Waals surface area contributed by atoms with Crippen molar-refractivity contribution in [2.24, 2.45) is 11.8 Å². The molecular weight excluding hydrogens is 335 g/mol. The Bertz CT molecular complexity index is 723. The second-order valence-corrected chi connectivity index (χ2v) is 6.40. The van der Waals surface area contributed by atoms with Gasteiger partial charge >= 0.3 is 0 Å². The molecule has 1 aromatic rings. The Kier molecular flexibility index (Phi) is 4.41. The number of allylic oxidation sites excluding steroid dienone is 2. The maximum absolute atomic E-state index is 13.1. The molecular formula is C17H16ClFN2O3. The van der Waals surface area contributed by atoms with Crippen LogP contribution in [0.25, 0.3) is 0 Å². The number of carbonyl (C=O) groups excluding carboxylic acids is 3.